The fraction of sp³-hybridized carbons (Fsp3) is 0.375. The Balaban J connectivity index is 1.38. The molecular formula is C24H26N4O2. The first-order valence-corrected chi connectivity index (χ1v) is 10.7. The van der Waals surface area contributed by atoms with Crippen LogP contribution in [0.2, 0.25) is 0 Å². The topological polar surface area (TPSA) is 78.1 Å². The maximum Gasteiger partial charge on any atom is 0.254 e. The van der Waals surface area contributed by atoms with Crippen LogP contribution in [0.5, 0.6) is 0 Å². The molecule has 1 saturated carbocycles. The number of hydrogen-bond donors (Lipinski definition) is 2. The van der Waals surface area contributed by atoms with Crippen molar-refractivity contribution in [1.29, 1.82) is 0 Å². The average Bonchev–Trinajstić information content (AvgIpc) is 3.28. The Labute approximate surface area is 175 Å². The van der Waals surface area contributed by atoms with Crippen LogP contribution in [0.1, 0.15) is 60.3 Å². The van der Waals surface area contributed by atoms with Gasteiger partial charge in [-0.3, -0.25) is 9.59 Å². The summed E-state index contributed by atoms with van der Waals surface area (Å²) in [4.78, 5) is 35.8. The monoisotopic (exact) mass is 402 g/mol. The van der Waals surface area contributed by atoms with E-state index in [1.807, 2.05) is 54.3 Å². The summed E-state index contributed by atoms with van der Waals surface area (Å²) in [7, 11) is 0. The van der Waals surface area contributed by atoms with Gasteiger partial charge in [-0.1, -0.05) is 37.5 Å². The summed E-state index contributed by atoms with van der Waals surface area (Å²) in [6.45, 7) is 2.51. The Morgan fingerprint density at radius 1 is 1.17 bits per heavy atom. The second-order valence-electron chi connectivity index (χ2n) is 8.61. The maximum atomic E-state index is 13.2. The molecule has 2 aliphatic rings. The van der Waals surface area contributed by atoms with Crippen molar-refractivity contribution in [1.82, 2.24) is 14.9 Å². The van der Waals surface area contributed by atoms with Crippen LogP contribution in [0.3, 0.4) is 0 Å². The molecule has 2 heterocycles. The predicted molar refractivity (Wildman–Crippen MR) is 116 cm³/mol. The Hall–Kier alpha value is -3.15. The van der Waals surface area contributed by atoms with Crippen LogP contribution in [0.15, 0.2) is 42.5 Å². The van der Waals surface area contributed by atoms with E-state index in [4.69, 9.17) is 0 Å². The van der Waals surface area contributed by atoms with Crippen molar-refractivity contribution in [2.75, 3.05) is 5.32 Å². The van der Waals surface area contributed by atoms with E-state index < -0.39 is 5.54 Å². The summed E-state index contributed by atoms with van der Waals surface area (Å²) in [6, 6.07) is 13.5. The van der Waals surface area contributed by atoms with Crippen molar-refractivity contribution in [3.8, 4) is 0 Å². The smallest absolute Gasteiger partial charge is 0.254 e. The number of imidazole rings is 1. The molecule has 0 spiro atoms. The van der Waals surface area contributed by atoms with Crippen molar-refractivity contribution in [2.24, 2.45) is 0 Å². The zero-order valence-electron chi connectivity index (χ0n) is 17.2. The van der Waals surface area contributed by atoms with Crippen LogP contribution in [0.25, 0.3) is 11.0 Å². The van der Waals surface area contributed by atoms with Crippen molar-refractivity contribution >= 4 is 28.5 Å². The highest BCUT2D eigenvalue weighted by atomic mass is 16.2. The van der Waals surface area contributed by atoms with Gasteiger partial charge in [0.15, 0.2) is 0 Å². The summed E-state index contributed by atoms with van der Waals surface area (Å²) < 4.78 is 0. The molecule has 2 amide bonds. The second kappa shape index (κ2) is 7.27. The number of anilines is 1. The van der Waals surface area contributed by atoms with Gasteiger partial charge >= 0.3 is 0 Å². The van der Waals surface area contributed by atoms with E-state index in [2.05, 4.69) is 15.3 Å². The third kappa shape index (κ3) is 3.26. The standard InChI is InChI=1S/C24H26N4O2/c1-16-25-20-10-9-18(13-21(20)26-16)27-22(29)14-24(11-5-2-6-12-24)28-15-17-7-3-4-8-19(17)23(28)30/h3-4,7-10,13H,2,5-6,11-12,14-15H2,1H3,(H,25,26)(H,27,29). The molecule has 6 heteroatoms. The molecule has 5 rings (SSSR count). The zero-order valence-corrected chi connectivity index (χ0v) is 17.2. The number of aryl methyl sites for hydroxylation is 1. The maximum absolute atomic E-state index is 13.2. The number of amides is 2. The van der Waals surface area contributed by atoms with Crippen LogP contribution in [-0.4, -0.2) is 32.2 Å². The number of fused-ring (bicyclic) bond motifs is 2. The molecule has 3 aromatic rings. The van der Waals surface area contributed by atoms with Gasteiger partial charge < -0.3 is 15.2 Å². The van der Waals surface area contributed by atoms with E-state index in [1.54, 1.807) is 0 Å². The molecule has 0 bridgehead atoms. The minimum atomic E-state index is -0.410. The largest absolute Gasteiger partial charge is 0.342 e. The Morgan fingerprint density at radius 2 is 1.97 bits per heavy atom. The summed E-state index contributed by atoms with van der Waals surface area (Å²) >= 11 is 0. The molecule has 0 unspecified atom stereocenters. The van der Waals surface area contributed by atoms with Crippen LogP contribution in [-0.2, 0) is 11.3 Å². The molecule has 2 N–H and O–H groups in total. The van der Waals surface area contributed by atoms with Gasteiger partial charge in [0.05, 0.1) is 23.0 Å². The highest BCUT2D eigenvalue weighted by Crippen LogP contribution is 2.41. The van der Waals surface area contributed by atoms with Crippen molar-refractivity contribution in [3.63, 3.8) is 0 Å². The lowest BCUT2D eigenvalue weighted by atomic mass is 9.77. The third-order valence-electron chi connectivity index (χ3n) is 6.55. The summed E-state index contributed by atoms with van der Waals surface area (Å²) in [5, 5.41) is 3.05. The van der Waals surface area contributed by atoms with Gasteiger partial charge in [-0.15, -0.1) is 0 Å². The van der Waals surface area contributed by atoms with Gasteiger partial charge in [-0.25, -0.2) is 4.98 Å². The number of aromatic amines is 1. The molecule has 1 aliphatic heterocycles. The molecule has 6 nitrogen and oxygen atoms in total. The van der Waals surface area contributed by atoms with Crippen LogP contribution in [0.4, 0.5) is 5.69 Å². The SMILES string of the molecule is Cc1nc2ccc(NC(=O)CC3(N4Cc5ccccc5C4=O)CCCCC3)cc2[nH]1. The van der Waals surface area contributed by atoms with Gasteiger partial charge in [-0.2, -0.15) is 0 Å². The molecule has 1 fully saturated rings. The number of benzene rings is 2. The number of aromatic nitrogens is 2. The van der Waals surface area contributed by atoms with E-state index in [0.717, 1.165) is 65.8 Å². The zero-order chi connectivity index (χ0) is 20.7. The number of rotatable bonds is 4. The van der Waals surface area contributed by atoms with Gasteiger partial charge in [0.2, 0.25) is 5.91 Å². The Kier molecular flexibility index (Phi) is 4.57. The lowest BCUT2D eigenvalue weighted by molar-refractivity contribution is -0.119. The summed E-state index contributed by atoms with van der Waals surface area (Å²) in [5.41, 5.74) is 3.97. The third-order valence-corrected chi connectivity index (χ3v) is 6.55. The molecule has 0 radical (unpaired) electrons. The molecule has 154 valence electrons. The first-order chi connectivity index (χ1) is 14.5. The van der Waals surface area contributed by atoms with Crippen molar-refractivity contribution in [3.05, 3.63) is 59.4 Å². The number of hydrogen-bond acceptors (Lipinski definition) is 3. The normalized spacial score (nSPS) is 17.9. The van der Waals surface area contributed by atoms with Crippen LogP contribution >= 0.6 is 0 Å². The molecule has 0 saturated heterocycles. The van der Waals surface area contributed by atoms with Crippen molar-refractivity contribution in [2.45, 2.75) is 57.5 Å². The molecular weight excluding hydrogens is 376 g/mol. The summed E-state index contributed by atoms with van der Waals surface area (Å²) in [6.07, 6.45) is 5.33. The van der Waals surface area contributed by atoms with E-state index in [-0.39, 0.29) is 11.8 Å². The first-order valence-electron chi connectivity index (χ1n) is 10.7. The number of H-pyrrole nitrogens is 1. The highest BCUT2D eigenvalue weighted by molar-refractivity contribution is 6.00. The van der Waals surface area contributed by atoms with Crippen LogP contribution < -0.4 is 5.32 Å². The number of carbonyl (C=O) groups excluding carboxylic acids is 2. The lowest BCUT2D eigenvalue weighted by Gasteiger charge is -2.44. The Morgan fingerprint density at radius 3 is 2.77 bits per heavy atom. The Bertz CT molecular complexity index is 1130. The molecule has 2 aromatic carbocycles. The highest BCUT2D eigenvalue weighted by Gasteiger charge is 2.45. The molecule has 1 aliphatic carbocycles. The number of nitrogens with one attached hydrogen (secondary N) is 2. The van der Waals surface area contributed by atoms with E-state index in [9.17, 15) is 9.59 Å². The van der Waals surface area contributed by atoms with E-state index in [0.29, 0.717) is 13.0 Å². The van der Waals surface area contributed by atoms with E-state index >= 15 is 0 Å². The number of nitrogens with zero attached hydrogens (tertiary/aromatic N) is 2. The van der Waals surface area contributed by atoms with Crippen molar-refractivity contribution < 1.29 is 9.59 Å². The second-order valence-corrected chi connectivity index (χ2v) is 8.61. The predicted octanol–water partition coefficient (Wildman–Crippen LogP) is 4.56. The van der Waals surface area contributed by atoms with Gasteiger partial charge in [-0.05, 0) is 49.6 Å². The minimum Gasteiger partial charge on any atom is -0.342 e. The quantitative estimate of drug-likeness (QED) is 0.672. The van der Waals surface area contributed by atoms with Gasteiger partial charge in [0.25, 0.3) is 5.91 Å². The molecule has 0 atom stereocenters. The van der Waals surface area contributed by atoms with Crippen LogP contribution in [0, 0.1) is 6.92 Å². The van der Waals surface area contributed by atoms with Gasteiger partial charge in [0, 0.05) is 17.8 Å². The van der Waals surface area contributed by atoms with Gasteiger partial charge in [0.1, 0.15) is 5.82 Å². The molecule has 30 heavy (non-hydrogen) atoms. The first kappa shape index (κ1) is 18.9. The number of carbonyl (C=O) groups is 2. The fourth-order valence-electron chi connectivity index (χ4n) is 5.11. The molecule has 1 aromatic heterocycles. The minimum absolute atomic E-state index is 0.0451. The average molecular weight is 402 g/mol. The summed E-state index contributed by atoms with van der Waals surface area (Å²) in [5.74, 6) is 0.868. The lowest BCUT2D eigenvalue weighted by Crippen LogP contribution is -2.52. The van der Waals surface area contributed by atoms with E-state index in [1.165, 1.54) is 0 Å². The fourth-order valence-corrected chi connectivity index (χ4v) is 5.11.